The minimum absolute atomic E-state index is 0.129. The molecule has 1 aliphatic heterocycles. The molecule has 0 fully saturated rings. The van der Waals surface area contributed by atoms with Gasteiger partial charge in [-0.25, -0.2) is 4.41 Å². The fraction of sp³-hybridized carbons (Fsp3) is 0.550. The number of halogens is 3. The molecule has 1 aromatic rings. The van der Waals surface area contributed by atoms with E-state index in [1.54, 1.807) is 23.7 Å². The van der Waals surface area contributed by atoms with Crippen LogP contribution in [0.4, 0.5) is 18.9 Å². The Morgan fingerprint density at radius 2 is 1.93 bits per heavy atom. The lowest BCUT2D eigenvalue weighted by Gasteiger charge is -2.26. The van der Waals surface area contributed by atoms with Crippen LogP contribution in [0.5, 0.6) is 5.75 Å². The Morgan fingerprint density at radius 1 is 1.20 bits per heavy atom. The van der Waals surface area contributed by atoms with Gasteiger partial charge in [-0.05, 0) is 49.8 Å². The number of hydrogen-bond donors (Lipinski definition) is 1. The van der Waals surface area contributed by atoms with Gasteiger partial charge in [-0.3, -0.25) is 9.80 Å². The zero-order chi connectivity index (χ0) is 22.3. The normalized spacial score (nSPS) is 15.1. The highest BCUT2D eigenvalue weighted by Crippen LogP contribution is 2.36. The molecule has 30 heavy (non-hydrogen) atoms. The summed E-state index contributed by atoms with van der Waals surface area (Å²) < 4.78 is 51.9. The first-order valence-electron chi connectivity index (χ1n) is 9.85. The molecule has 1 atom stereocenters. The van der Waals surface area contributed by atoms with E-state index in [1.807, 2.05) is 20.8 Å². The van der Waals surface area contributed by atoms with Gasteiger partial charge in [0.1, 0.15) is 11.0 Å². The molecule has 0 bridgehead atoms. The summed E-state index contributed by atoms with van der Waals surface area (Å²) in [5, 5.41) is 1.00. The maximum Gasteiger partial charge on any atom is 0.416 e. The maximum absolute atomic E-state index is 13.3. The van der Waals surface area contributed by atoms with Crippen LogP contribution in [-0.4, -0.2) is 28.8 Å². The molecule has 10 heteroatoms. The molecule has 0 spiro atoms. The Kier molecular flexibility index (Phi) is 8.72. The summed E-state index contributed by atoms with van der Waals surface area (Å²) in [7, 11) is 0. The number of hydrogen-bond acceptors (Lipinski definition) is 7. The molecule has 168 valence electrons. The molecule has 0 aliphatic carbocycles. The van der Waals surface area contributed by atoms with E-state index >= 15 is 0 Å². The molecule has 1 heterocycles. The van der Waals surface area contributed by atoms with Crippen LogP contribution in [0.2, 0.25) is 0 Å². The quantitative estimate of drug-likeness (QED) is 0.394. The first-order valence-corrected chi connectivity index (χ1v) is 10.7. The second kappa shape index (κ2) is 10.8. The molecule has 1 unspecified atom stereocenters. The molecule has 0 radical (unpaired) electrons. The number of hydrazine groups is 2. The van der Waals surface area contributed by atoms with E-state index in [9.17, 15) is 18.0 Å². The van der Waals surface area contributed by atoms with Gasteiger partial charge in [0, 0.05) is 18.5 Å². The van der Waals surface area contributed by atoms with E-state index in [1.165, 1.54) is 23.0 Å². The summed E-state index contributed by atoms with van der Waals surface area (Å²) in [6.07, 6.45) is 0.0777. The van der Waals surface area contributed by atoms with Gasteiger partial charge < -0.3 is 9.47 Å². The van der Waals surface area contributed by atoms with Crippen LogP contribution < -0.4 is 15.3 Å². The number of alkyl halides is 3. The third-order valence-corrected chi connectivity index (χ3v) is 5.07. The lowest BCUT2D eigenvalue weighted by Crippen LogP contribution is -2.38. The van der Waals surface area contributed by atoms with Crippen molar-refractivity contribution in [2.75, 3.05) is 18.2 Å². The fourth-order valence-corrected chi connectivity index (χ4v) is 3.84. The molecule has 1 N–H and O–H groups in total. The van der Waals surface area contributed by atoms with Crippen molar-refractivity contribution in [3.8, 4) is 5.75 Å². The Morgan fingerprint density at radius 3 is 2.53 bits per heavy atom. The van der Waals surface area contributed by atoms with Gasteiger partial charge in [-0.15, -0.1) is 5.53 Å². The van der Waals surface area contributed by atoms with Gasteiger partial charge >= 0.3 is 12.1 Å². The van der Waals surface area contributed by atoms with E-state index in [4.69, 9.17) is 9.47 Å². The highest BCUT2D eigenvalue weighted by molar-refractivity contribution is 7.98. The van der Waals surface area contributed by atoms with Gasteiger partial charge in [0.2, 0.25) is 0 Å². The van der Waals surface area contributed by atoms with E-state index < -0.39 is 17.0 Å². The summed E-state index contributed by atoms with van der Waals surface area (Å²) in [6.45, 7) is 8.26. The van der Waals surface area contributed by atoms with Crippen LogP contribution in [0.15, 0.2) is 30.6 Å². The van der Waals surface area contributed by atoms with Crippen LogP contribution in [0.25, 0.3) is 0 Å². The third kappa shape index (κ3) is 7.02. The predicted molar refractivity (Wildman–Crippen MR) is 111 cm³/mol. The Hall–Kier alpha value is -2.07. The van der Waals surface area contributed by atoms with Crippen LogP contribution >= 0.6 is 11.9 Å². The molecular weight excluding hydrogens is 419 g/mol. The van der Waals surface area contributed by atoms with Gasteiger partial charge in [0.25, 0.3) is 0 Å². The summed E-state index contributed by atoms with van der Waals surface area (Å²) in [5.74, 6) is 0.0999. The smallest absolute Gasteiger partial charge is 0.416 e. The van der Waals surface area contributed by atoms with E-state index in [2.05, 4.69) is 5.53 Å². The summed E-state index contributed by atoms with van der Waals surface area (Å²) in [6, 6.07) is 3.53. The zero-order valence-corrected chi connectivity index (χ0v) is 18.3. The molecule has 0 saturated carbocycles. The molecule has 6 nitrogen and oxygen atoms in total. The molecular formula is C20H28F3N3O3S. The second-order valence-corrected chi connectivity index (χ2v) is 8.30. The van der Waals surface area contributed by atoms with Crippen LogP contribution in [-0.2, 0) is 15.7 Å². The van der Waals surface area contributed by atoms with Crippen molar-refractivity contribution >= 4 is 23.6 Å². The second-order valence-electron chi connectivity index (χ2n) is 7.13. The van der Waals surface area contributed by atoms with Crippen molar-refractivity contribution in [3.05, 3.63) is 36.2 Å². The van der Waals surface area contributed by atoms with E-state index in [0.29, 0.717) is 13.0 Å². The van der Waals surface area contributed by atoms with Crippen LogP contribution in [0.1, 0.15) is 46.1 Å². The summed E-state index contributed by atoms with van der Waals surface area (Å²) >= 11 is 1.23. The number of benzene rings is 1. The first kappa shape index (κ1) is 24.2. The SMILES string of the molecule is CCCOC(=O)C(CC(C)C)SN1C=CN(c2cc(OCC)cc(C(F)(F)F)c2)N1. The summed E-state index contributed by atoms with van der Waals surface area (Å²) in [4.78, 5) is 12.4. The highest BCUT2D eigenvalue weighted by atomic mass is 32.2. The summed E-state index contributed by atoms with van der Waals surface area (Å²) in [5.41, 5.74) is 2.42. The lowest BCUT2D eigenvalue weighted by molar-refractivity contribution is -0.143. The molecule has 1 aliphatic rings. The number of nitrogens with zero attached hydrogens (tertiary/aromatic N) is 2. The van der Waals surface area contributed by atoms with Gasteiger partial charge in [-0.2, -0.15) is 13.2 Å². The van der Waals surface area contributed by atoms with Crippen LogP contribution in [0, 0.1) is 5.92 Å². The topological polar surface area (TPSA) is 54.0 Å². The number of nitrogens with one attached hydrogen (secondary N) is 1. The lowest BCUT2D eigenvalue weighted by atomic mass is 10.1. The molecule has 0 saturated heterocycles. The van der Waals surface area contributed by atoms with Crippen molar-refractivity contribution in [1.29, 1.82) is 0 Å². The Balaban J connectivity index is 2.12. The number of ether oxygens (including phenoxy) is 2. The van der Waals surface area contributed by atoms with E-state index in [-0.39, 0.29) is 29.9 Å². The minimum atomic E-state index is -4.49. The molecule has 2 rings (SSSR count). The zero-order valence-electron chi connectivity index (χ0n) is 17.5. The largest absolute Gasteiger partial charge is 0.494 e. The molecule has 0 aromatic heterocycles. The minimum Gasteiger partial charge on any atom is -0.494 e. The van der Waals surface area contributed by atoms with Crippen molar-refractivity contribution < 1.29 is 27.4 Å². The third-order valence-electron chi connectivity index (χ3n) is 4.00. The first-order chi connectivity index (χ1) is 14.1. The standard InChI is InChI=1S/C20H28F3N3O3S/c1-5-9-29-19(27)18(10-14(3)4)30-26-8-7-25(24-26)16-11-15(20(21,22)23)12-17(13-16)28-6-2/h7-8,11-14,18,24H,5-6,9-10H2,1-4H3. The van der Waals surface area contributed by atoms with Gasteiger partial charge in [0.05, 0.1) is 24.5 Å². The monoisotopic (exact) mass is 447 g/mol. The van der Waals surface area contributed by atoms with Crippen LogP contribution in [0.3, 0.4) is 0 Å². The number of anilines is 1. The van der Waals surface area contributed by atoms with Gasteiger partial charge in [-0.1, -0.05) is 20.8 Å². The molecule has 1 aromatic carbocycles. The Bertz CT molecular complexity index is 744. The fourth-order valence-electron chi connectivity index (χ4n) is 2.68. The van der Waals surface area contributed by atoms with Crippen molar-refractivity contribution in [2.45, 2.75) is 52.0 Å². The number of rotatable bonds is 10. The molecule has 0 amide bonds. The maximum atomic E-state index is 13.3. The van der Waals surface area contributed by atoms with Crippen molar-refractivity contribution in [2.24, 2.45) is 5.92 Å². The van der Waals surface area contributed by atoms with Gasteiger partial charge in [0.15, 0.2) is 0 Å². The number of carbonyl (C=O) groups excluding carboxylic acids is 1. The average molecular weight is 448 g/mol. The highest BCUT2D eigenvalue weighted by Gasteiger charge is 2.33. The van der Waals surface area contributed by atoms with Crippen molar-refractivity contribution in [1.82, 2.24) is 9.95 Å². The predicted octanol–water partition coefficient (Wildman–Crippen LogP) is 5.13. The van der Waals surface area contributed by atoms with Crippen molar-refractivity contribution in [3.63, 3.8) is 0 Å². The number of carbonyl (C=O) groups is 1. The van der Waals surface area contributed by atoms with E-state index in [0.717, 1.165) is 18.6 Å². The number of esters is 1. The average Bonchev–Trinajstić information content (AvgIpc) is 3.13. The Labute approximate surface area is 179 Å².